The van der Waals surface area contributed by atoms with Gasteiger partial charge in [-0.3, -0.25) is 20.1 Å². The van der Waals surface area contributed by atoms with Crippen LogP contribution in [0.4, 0.5) is 9.18 Å². The number of hydrogen-bond donors (Lipinski definition) is 2. The summed E-state index contributed by atoms with van der Waals surface area (Å²) in [4.78, 5) is 36.1. The third kappa shape index (κ3) is 9.78. The molecule has 2 N–H and O–H groups in total. The largest absolute Gasteiger partial charge is 0.473 e. The molecule has 1 aromatic heterocycles. The highest BCUT2D eigenvalue weighted by Crippen LogP contribution is 2.43. The summed E-state index contributed by atoms with van der Waals surface area (Å²) >= 11 is 12.9. The summed E-state index contributed by atoms with van der Waals surface area (Å²) in [7, 11) is 0. The molecule has 17 heteroatoms. The quantitative estimate of drug-likeness (QED) is 0.105. The number of ether oxygens (including phenoxy) is 4. The van der Waals surface area contributed by atoms with Gasteiger partial charge in [0.05, 0.1) is 53.5 Å². The number of nitrogens with zero attached hydrogens (tertiary/aromatic N) is 4. The first kappa shape index (κ1) is 38.8. The maximum atomic E-state index is 14.7. The van der Waals surface area contributed by atoms with E-state index in [4.69, 9.17) is 57.1 Å². The summed E-state index contributed by atoms with van der Waals surface area (Å²) in [5.74, 6) is 0.142. The molecule has 3 aromatic rings. The van der Waals surface area contributed by atoms with Gasteiger partial charge in [0.1, 0.15) is 18.1 Å². The average molecular weight is 780 g/mol. The molecule has 2 aliphatic heterocycles. The van der Waals surface area contributed by atoms with Crippen LogP contribution in [0.3, 0.4) is 0 Å². The summed E-state index contributed by atoms with van der Waals surface area (Å²) in [5.41, 5.74) is 2.14. The lowest BCUT2D eigenvalue weighted by atomic mass is 9.97. The van der Waals surface area contributed by atoms with Gasteiger partial charge in [-0.1, -0.05) is 47.5 Å². The molecule has 286 valence electrons. The summed E-state index contributed by atoms with van der Waals surface area (Å²) < 4.78 is 41.5. The Morgan fingerprint density at radius 2 is 1.79 bits per heavy atom. The van der Waals surface area contributed by atoms with Crippen molar-refractivity contribution in [2.45, 2.75) is 76.5 Å². The van der Waals surface area contributed by atoms with Crippen LogP contribution in [-0.2, 0) is 32.1 Å². The summed E-state index contributed by atoms with van der Waals surface area (Å²) in [5, 5.41) is 21.2. The molecular weight excluding hydrogens is 738 g/mol. The van der Waals surface area contributed by atoms with Gasteiger partial charge in [-0.25, -0.2) is 9.63 Å². The zero-order valence-corrected chi connectivity index (χ0v) is 30.6. The number of rotatable bonds is 18. The summed E-state index contributed by atoms with van der Waals surface area (Å²) in [6.07, 6.45) is 3.91. The topological polar surface area (TPSA) is 156 Å². The van der Waals surface area contributed by atoms with Gasteiger partial charge in [0.15, 0.2) is 5.76 Å². The van der Waals surface area contributed by atoms with Gasteiger partial charge < -0.3 is 28.4 Å². The standard InChI is InChI=1S/C36H41Cl2FN4O10/c1-22-33(39)34(40-53-22)49-15-3-4-23-7-12-27(13-8-23)52-30-20-26-11-14-29(42(26)36(45)50-18-16-48-17-19-51-43(46)47)31(30)35(44)41(25-9-10-25)21-24-5-2-6-28(37)32(24)38/h2,5-8,12-13,25-26,29,46-47H,3-4,9-11,14-21H2,1H3. The Morgan fingerprint density at radius 3 is 2.51 bits per heavy atom. The maximum Gasteiger partial charge on any atom is 0.410 e. The lowest BCUT2D eigenvalue weighted by molar-refractivity contribution is -0.493. The fourth-order valence-corrected chi connectivity index (χ4v) is 6.94. The van der Waals surface area contributed by atoms with E-state index in [1.54, 1.807) is 21.9 Å². The van der Waals surface area contributed by atoms with Crippen molar-refractivity contribution in [2.24, 2.45) is 0 Å². The molecule has 1 saturated heterocycles. The third-order valence-electron chi connectivity index (χ3n) is 9.28. The molecule has 6 rings (SSSR count). The van der Waals surface area contributed by atoms with Crippen molar-refractivity contribution in [3.8, 4) is 11.6 Å². The zero-order valence-electron chi connectivity index (χ0n) is 29.0. The number of fused-ring (bicyclic) bond motifs is 2. The van der Waals surface area contributed by atoms with E-state index in [2.05, 4.69) is 9.99 Å². The average Bonchev–Trinajstić information content (AvgIpc) is 3.87. The highest BCUT2D eigenvalue weighted by Gasteiger charge is 2.50. The minimum absolute atomic E-state index is 0.00349. The second-order valence-corrected chi connectivity index (χ2v) is 13.7. The first-order chi connectivity index (χ1) is 25.6. The molecule has 3 heterocycles. The van der Waals surface area contributed by atoms with Crippen LogP contribution in [0.5, 0.6) is 11.6 Å². The second kappa shape index (κ2) is 17.9. The number of benzene rings is 2. The van der Waals surface area contributed by atoms with E-state index in [0.717, 1.165) is 24.0 Å². The maximum absolute atomic E-state index is 14.7. The van der Waals surface area contributed by atoms with E-state index in [0.29, 0.717) is 59.2 Å². The molecule has 2 aromatic carbocycles. The fraction of sp³-hybridized carbons (Fsp3) is 0.472. The molecule has 14 nitrogen and oxygen atoms in total. The van der Waals surface area contributed by atoms with E-state index in [-0.39, 0.29) is 69.2 Å². The molecule has 2 fully saturated rings. The lowest BCUT2D eigenvalue weighted by Crippen LogP contribution is -2.50. The number of carbonyl (C=O) groups excluding carboxylic acids is 2. The molecule has 0 spiro atoms. The SMILES string of the molecule is Cc1onc(OCCCc2ccc(OC3=C(C(=O)N(Cc4cccc(Cl)c4Cl)C4CC4)C4CCC(C3)N4C(=O)OCCOCCON(O)O)cc2)c1F. The molecule has 2 atom stereocenters. The van der Waals surface area contributed by atoms with Crippen LogP contribution in [0.1, 0.15) is 55.4 Å². The number of hydrogen-bond acceptors (Lipinski definition) is 12. The molecule has 0 radical (unpaired) electrons. The van der Waals surface area contributed by atoms with Crippen LogP contribution in [0, 0.1) is 12.7 Å². The van der Waals surface area contributed by atoms with Crippen LogP contribution in [0.2, 0.25) is 10.0 Å². The number of amides is 2. The Labute approximate surface area is 315 Å². The van der Waals surface area contributed by atoms with E-state index in [9.17, 15) is 14.0 Å². The van der Waals surface area contributed by atoms with E-state index < -0.39 is 23.3 Å². The van der Waals surface area contributed by atoms with Crippen LogP contribution in [0.25, 0.3) is 0 Å². The van der Waals surface area contributed by atoms with Gasteiger partial charge >= 0.3 is 6.09 Å². The molecule has 1 saturated carbocycles. The molecule has 2 unspecified atom stereocenters. The molecule has 3 aliphatic rings. The molecule has 1 aliphatic carbocycles. The highest BCUT2D eigenvalue weighted by atomic mass is 35.5. The molecule has 2 amide bonds. The highest BCUT2D eigenvalue weighted by molar-refractivity contribution is 6.42. The molecule has 53 heavy (non-hydrogen) atoms. The van der Waals surface area contributed by atoms with Gasteiger partial charge in [-0.15, -0.1) is 0 Å². The Hall–Kier alpha value is -3.96. The van der Waals surface area contributed by atoms with Crippen molar-refractivity contribution < 1.29 is 52.7 Å². The normalized spacial score (nSPS) is 18.1. The predicted molar refractivity (Wildman–Crippen MR) is 186 cm³/mol. The molecular formula is C36H41Cl2FN4O10. The lowest BCUT2D eigenvalue weighted by Gasteiger charge is -2.38. The van der Waals surface area contributed by atoms with Crippen LogP contribution < -0.4 is 9.47 Å². The van der Waals surface area contributed by atoms with Gasteiger partial charge in [-0.2, -0.15) is 4.39 Å². The monoisotopic (exact) mass is 778 g/mol. The van der Waals surface area contributed by atoms with E-state index in [1.807, 2.05) is 30.3 Å². The second-order valence-electron chi connectivity index (χ2n) is 12.9. The first-order valence-electron chi connectivity index (χ1n) is 17.4. The minimum Gasteiger partial charge on any atom is -0.473 e. The van der Waals surface area contributed by atoms with E-state index in [1.165, 1.54) is 6.92 Å². The van der Waals surface area contributed by atoms with Gasteiger partial charge in [-0.05, 0) is 79.9 Å². The van der Waals surface area contributed by atoms with E-state index >= 15 is 0 Å². The number of aromatic nitrogens is 1. The predicted octanol–water partition coefficient (Wildman–Crippen LogP) is 6.67. The Bertz CT molecular complexity index is 1770. The van der Waals surface area contributed by atoms with Crippen molar-refractivity contribution in [3.05, 3.63) is 86.5 Å². The van der Waals surface area contributed by atoms with Gasteiger partial charge in [0.25, 0.3) is 11.8 Å². The summed E-state index contributed by atoms with van der Waals surface area (Å²) in [6.45, 7) is 1.91. The Morgan fingerprint density at radius 1 is 1.02 bits per heavy atom. The van der Waals surface area contributed by atoms with Crippen LogP contribution in [-0.4, -0.2) is 93.9 Å². The number of halogens is 3. The van der Waals surface area contributed by atoms with Crippen LogP contribution in [0.15, 0.2) is 58.3 Å². The first-order valence-corrected chi connectivity index (χ1v) is 18.2. The molecule has 2 bridgehead atoms. The van der Waals surface area contributed by atoms with Crippen molar-refractivity contribution in [2.75, 3.05) is 33.0 Å². The number of aryl methyl sites for hydroxylation is 2. The Balaban J connectivity index is 1.17. The smallest absolute Gasteiger partial charge is 0.410 e. The van der Waals surface area contributed by atoms with Crippen molar-refractivity contribution in [1.29, 1.82) is 0 Å². The summed E-state index contributed by atoms with van der Waals surface area (Å²) in [6, 6.07) is 12.0. The number of carbonyl (C=O) groups is 2. The Kier molecular flexibility index (Phi) is 13.1. The van der Waals surface area contributed by atoms with Crippen molar-refractivity contribution >= 4 is 35.2 Å². The van der Waals surface area contributed by atoms with Crippen LogP contribution >= 0.6 is 23.2 Å². The van der Waals surface area contributed by atoms with Crippen molar-refractivity contribution in [1.82, 2.24) is 20.3 Å². The zero-order chi connectivity index (χ0) is 37.5. The van der Waals surface area contributed by atoms with Crippen molar-refractivity contribution in [3.63, 3.8) is 0 Å². The third-order valence-corrected chi connectivity index (χ3v) is 10.1. The van der Waals surface area contributed by atoms with Gasteiger partial charge in [0, 0.05) is 25.0 Å². The fourth-order valence-electron chi connectivity index (χ4n) is 6.56. The minimum atomic E-state index is -0.600. The van der Waals surface area contributed by atoms with Gasteiger partial charge in [0.2, 0.25) is 5.82 Å².